The van der Waals surface area contributed by atoms with Gasteiger partial charge in [-0.1, -0.05) is 22.0 Å². The highest BCUT2D eigenvalue weighted by Gasteiger charge is 2.47. The van der Waals surface area contributed by atoms with E-state index in [1.165, 1.54) is 5.56 Å². The van der Waals surface area contributed by atoms with Crippen LogP contribution in [0.3, 0.4) is 0 Å². The average Bonchev–Trinajstić information content (AvgIpc) is 2.68. The van der Waals surface area contributed by atoms with Gasteiger partial charge in [-0.15, -0.1) is 0 Å². The van der Waals surface area contributed by atoms with Crippen LogP contribution < -0.4 is 0 Å². The van der Waals surface area contributed by atoms with Crippen LogP contribution >= 0.6 is 15.9 Å². The van der Waals surface area contributed by atoms with Crippen LogP contribution in [0.25, 0.3) is 0 Å². The first kappa shape index (κ1) is 13.3. The molecule has 2 nitrogen and oxygen atoms in total. The lowest BCUT2D eigenvalue weighted by Gasteiger charge is -2.42. The summed E-state index contributed by atoms with van der Waals surface area (Å²) in [6, 6.07) is 6.37. The van der Waals surface area contributed by atoms with Gasteiger partial charge in [-0.05, 0) is 56.7 Å². The molecule has 0 heterocycles. The van der Waals surface area contributed by atoms with Crippen LogP contribution in [-0.4, -0.2) is 18.4 Å². The number of benzene rings is 1. The van der Waals surface area contributed by atoms with E-state index < -0.39 is 0 Å². The van der Waals surface area contributed by atoms with E-state index in [1.807, 2.05) is 7.11 Å². The van der Waals surface area contributed by atoms with E-state index in [1.54, 1.807) is 0 Å². The molecule has 0 radical (unpaired) electrons. The Labute approximate surface area is 123 Å². The maximum atomic E-state index is 8.59. The van der Waals surface area contributed by atoms with Gasteiger partial charge in [0.1, 0.15) is 0 Å². The summed E-state index contributed by atoms with van der Waals surface area (Å²) in [4.78, 5) is 0. The van der Waals surface area contributed by atoms with Crippen LogP contribution in [0.15, 0.2) is 22.7 Å². The Morgan fingerprint density at radius 3 is 2.53 bits per heavy atom. The minimum absolute atomic E-state index is 0.0148. The predicted octanol–water partition coefficient (Wildman–Crippen LogP) is 4.34. The molecule has 1 spiro atoms. The molecule has 0 saturated heterocycles. The van der Waals surface area contributed by atoms with Gasteiger partial charge in [0, 0.05) is 28.3 Å². The molecule has 1 aromatic carbocycles. The van der Waals surface area contributed by atoms with Gasteiger partial charge in [0.15, 0.2) is 0 Å². The second kappa shape index (κ2) is 4.42. The number of nitrogens with one attached hydrogen (secondary N) is 1. The standard InChI is InChI=1S/C16H20BrNO/c1-15(19-2)5-7-16(8-6-15)10-11-3-4-12(17)9-13(11)14(16)18/h3-4,9,18H,5-8,10H2,1-2H3. The molecule has 1 aromatic rings. The number of fused-ring (bicyclic) bond motifs is 1. The molecule has 2 aliphatic carbocycles. The van der Waals surface area contributed by atoms with Crippen molar-refractivity contribution < 1.29 is 4.74 Å². The first-order valence-corrected chi connectivity index (χ1v) is 7.70. The predicted molar refractivity (Wildman–Crippen MR) is 81.0 cm³/mol. The van der Waals surface area contributed by atoms with Crippen molar-refractivity contribution in [3.05, 3.63) is 33.8 Å². The summed E-state index contributed by atoms with van der Waals surface area (Å²) in [7, 11) is 1.81. The van der Waals surface area contributed by atoms with Crippen molar-refractivity contribution in [1.82, 2.24) is 0 Å². The van der Waals surface area contributed by atoms with Crippen LogP contribution in [0.4, 0.5) is 0 Å². The molecule has 1 fully saturated rings. The Kier molecular flexibility index (Phi) is 3.10. The molecule has 1 saturated carbocycles. The summed E-state index contributed by atoms with van der Waals surface area (Å²) in [5.41, 5.74) is 3.42. The lowest BCUT2D eigenvalue weighted by Crippen LogP contribution is -2.41. The third-order valence-electron chi connectivity index (χ3n) is 5.16. The average molecular weight is 322 g/mol. The van der Waals surface area contributed by atoms with Crippen molar-refractivity contribution in [2.24, 2.45) is 5.41 Å². The Morgan fingerprint density at radius 2 is 1.89 bits per heavy atom. The minimum atomic E-state index is 0.0148. The quantitative estimate of drug-likeness (QED) is 0.820. The summed E-state index contributed by atoms with van der Waals surface area (Å²) in [5.74, 6) is 0. The maximum Gasteiger partial charge on any atom is 0.0651 e. The Hall–Kier alpha value is -0.670. The zero-order valence-electron chi connectivity index (χ0n) is 11.6. The van der Waals surface area contributed by atoms with E-state index in [0.29, 0.717) is 0 Å². The Balaban J connectivity index is 1.88. The van der Waals surface area contributed by atoms with Gasteiger partial charge < -0.3 is 10.1 Å². The van der Waals surface area contributed by atoms with Crippen molar-refractivity contribution in [2.45, 2.75) is 44.6 Å². The summed E-state index contributed by atoms with van der Waals surface area (Å²) in [6.07, 6.45) is 5.29. The molecule has 1 N–H and O–H groups in total. The van der Waals surface area contributed by atoms with Gasteiger partial charge >= 0.3 is 0 Å². The number of rotatable bonds is 1. The number of hydrogen-bond donors (Lipinski definition) is 1. The minimum Gasteiger partial charge on any atom is -0.379 e. The topological polar surface area (TPSA) is 33.1 Å². The molecular formula is C16H20BrNO. The van der Waals surface area contributed by atoms with Gasteiger partial charge in [0.25, 0.3) is 0 Å². The van der Waals surface area contributed by atoms with E-state index in [2.05, 4.69) is 41.1 Å². The molecule has 19 heavy (non-hydrogen) atoms. The molecular weight excluding hydrogens is 302 g/mol. The van der Waals surface area contributed by atoms with Crippen molar-refractivity contribution in [1.29, 1.82) is 5.41 Å². The summed E-state index contributed by atoms with van der Waals surface area (Å²) in [6.45, 7) is 2.20. The van der Waals surface area contributed by atoms with Crippen LogP contribution in [0, 0.1) is 10.8 Å². The fourth-order valence-electron chi connectivity index (χ4n) is 3.56. The number of hydrogen-bond acceptors (Lipinski definition) is 2. The molecule has 0 aliphatic heterocycles. The number of methoxy groups -OCH3 is 1. The Bertz CT molecular complexity index is 530. The van der Waals surface area contributed by atoms with Crippen molar-refractivity contribution in [3.8, 4) is 0 Å². The fourth-order valence-corrected chi connectivity index (χ4v) is 3.92. The van der Waals surface area contributed by atoms with Crippen LogP contribution in [0.1, 0.15) is 43.7 Å². The molecule has 0 amide bonds. The summed E-state index contributed by atoms with van der Waals surface area (Å²) in [5, 5.41) is 8.59. The van der Waals surface area contributed by atoms with Crippen molar-refractivity contribution in [3.63, 3.8) is 0 Å². The number of halogens is 1. The highest BCUT2D eigenvalue weighted by Crippen LogP contribution is 2.50. The molecule has 2 aliphatic rings. The fraction of sp³-hybridized carbons (Fsp3) is 0.562. The van der Waals surface area contributed by atoms with Gasteiger partial charge in [-0.2, -0.15) is 0 Å². The third kappa shape index (κ3) is 2.07. The highest BCUT2D eigenvalue weighted by atomic mass is 79.9. The van der Waals surface area contributed by atoms with Gasteiger partial charge in [-0.3, -0.25) is 0 Å². The maximum absolute atomic E-state index is 8.59. The smallest absolute Gasteiger partial charge is 0.0651 e. The lowest BCUT2D eigenvalue weighted by atomic mass is 9.66. The van der Waals surface area contributed by atoms with Crippen LogP contribution in [-0.2, 0) is 11.2 Å². The molecule has 0 bridgehead atoms. The molecule has 3 heteroatoms. The van der Waals surface area contributed by atoms with E-state index in [-0.39, 0.29) is 11.0 Å². The largest absolute Gasteiger partial charge is 0.379 e. The molecule has 102 valence electrons. The zero-order chi connectivity index (χ0) is 13.7. The molecule has 3 rings (SSSR count). The van der Waals surface area contributed by atoms with Crippen LogP contribution in [0.5, 0.6) is 0 Å². The third-order valence-corrected chi connectivity index (χ3v) is 5.65. The van der Waals surface area contributed by atoms with Gasteiger partial charge in [0.05, 0.1) is 5.60 Å². The normalized spacial score (nSPS) is 33.7. The molecule has 0 unspecified atom stereocenters. The van der Waals surface area contributed by atoms with Gasteiger partial charge in [-0.25, -0.2) is 0 Å². The van der Waals surface area contributed by atoms with E-state index in [4.69, 9.17) is 10.1 Å². The second-order valence-corrected chi connectivity index (χ2v) is 7.20. The Morgan fingerprint density at radius 1 is 1.21 bits per heavy atom. The van der Waals surface area contributed by atoms with Crippen molar-refractivity contribution >= 4 is 21.6 Å². The second-order valence-electron chi connectivity index (χ2n) is 6.29. The molecule has 0 atom stereocenters. The first-order valence-electron chi connectivity index (χ1n) is 6.91. The highest BCUT2D eigenvalue weighted by molar-refractivity contribution is 9.10. The number of ether oxygens (including phenoxy) is 1. The van der Waals surface area contributed by atoms with Crippen molar-refractivity contribution in [2.75, 3.05) is 7.11 Å². The van der Waals surface area contributed by atoms with Crippen LogP contribution in [0.2, 0.25) is 0 Å². The lowest BCUT2D eigenvalue weighted by molar-refractivity contribution is -0.0408. The molecule has 0 aromatic heterocycles. The van der Waals surface area contributed by atoms with E-state index >= 15 is 0 Å². The summed E-state index contributed by atoms with van der Waals surface area (Å²) < 4.78 is 6.71. The van der Waals surface area contributed by atoms with E-state index in [0.717, 1.165) is 47.9 Å². The SMILES string of the molecule is COC1(C)CCC2(CC1)Cc1ccc(Br)cc1C2=N. The zero-order valence-corrected chi connectivity index (χ0v) is 13.1. The van der Waals surface area contributed by atoms with Gasteiger partial charge in [0.2, 0.25) is 0 Å². The first-order chi connectivity index (χ1) is 8.98. The monoisotopic (exact) mass is 321 g/mol. The van der Waals surface area contributed by atoms with E-state index in [9.17, 15) is 0 Å². The summed E-state index contributed by atoms with van der Waals surface area (Å²) >= 11 is 3.52.